The van der Waals surface area contributed by atoms with Gasteiger partial charge >= 0.3 is 5.69 Å². The molecule has 0 heterocycles. The van der Waals surface area contributed by atoms with Gasteiger partial charge in [0, 0.05) is 6.07 Å². The van der Waals surface area contributed by atoms with Crippen LogP contribution in [-0.4, -0.2) is 29.7 Å². The zero-order valence-electron chi connectivity index (χ0n) is 15.9. The molecule has 0 aromatic heterocycles. The van der Waals surface area contributed by atoms with Gasteiger partial charge in [0.05, 0.1) is 32.3 Å². The quantitative estimate of drug-likeness (QED) is 0.318. The van der Waals surface area contributed by atoms with Crippen LogP contribution in [0.4, 0.5) is 17.1 Å². The van der Waals surface area contributed by atoms with E-state index in [1.54, 1.807) is 48.5 Å². The van der Waals surface area contributed by atoms with Gasteiger partial charge in [-0.05, 0) is 23.8 Å². The second-order valence-corrected chi connectivity index (χ2v) is 8.31. The topological polar surface area (TPSA) is 145 Å². The van der Waals surface area contributed by atoms with Crippen molar-refractivity contribution in [3.05, 3.63) is 105 Å². The number of nitro groups is 2. The molecule has 0 unspecified atom stereocenters. The lowest BCUT2D eigenvalue weighted by Gasteiger charge is -2.10. The molecule has 10 nitrogen and oxygen atoms in total. The Labute approximate surface area is 177 Å². The van der Waals surface area contributed by atoms with E-state index in [0.717, 1.165) is 18.2 Å². The van der Waals surface area contributed by atoms with Crippen LogP contribution in [0.3, 0.4) is 0 Å². The van der Waals surface area contributed by atoms with Crippen molar-refractivity contribution in [1.29, 1.82) is 0 Å². The monoisotopic (exact) mass is 440 g/mol. The van der Waals surface area contributed by atoms with E-state index < -0.39 is 36.8 Å². The number of benzene rings is 3. The fourth-order valence-electron chi connectivity index (χ4n) is 2.71. The summed E-state index contributed by atoms with van der Waals surface area (Å²) >= 11 is 0. The lowest BCUT2D eigenvalue weighted by Crippen LogP contribution is -2.19. The molecule has 3 rings (SSSR count). The van der Waals surface area contributed by atoms with Gasteiger partial charge in [-0.3, -0.25) is 25.7 Å². The Morgan fingerprint density at radius 1 is 0.871 bits per heavy atom. The third kappa shape index (κ3) is 5.28. The van der Waals surface area contributed by atoms with Crippen molar-refractivity contribution in [2.24, 2.45) is 5.10 Å². The van der Waals surface area contributed by atoms with E-state index in [4.69, 9.17) is 0 Å². The van der Waals surface area contributed by atoms with Gasteiger partial charge in [-0.2, -0.15) is 5.10 Å². The van der Waals surface area contributed by atoms with Gasteiger partial charge in [0.1, 0.15) is 5.69 Å². The number of hydrazone groups is 1. The van der Waals surface area contributed by atoms with Crippen molar-refractivity contribution in [1.82, 2.24) is 0 Å². The minimum atomic E-state index is -3.75. The summed E-state index contributed by atoms with van der Waals surface area (Å²) in [5.74, 6) is -0.463. The number of hydrogen-bond acceptors (Lipinski definition) is 8. The highest BCUT2D eigenvalue weighted by Crippen LogP contribution is 2.29. The summed E-state index contributed by atoms with van der Waals surface area (Å²) in [6.07, 6.45) is 0. The van der Waals surface area contributed by atoms with Gasteiger partial charge in [0.15, 0.2) is 9.84 Å². The first-order valence-corrected chi connectivity index (χ1v) is 10.5. The number of non-ortho nitro benzene ring substituents is 1. The number of nitrogens with one attached hydrogen (secondary N) is 1. The van der Waals surface area contributed by atoms with Crippen LogP contribution < -0.4 is 5.43 Å². The standard InChI is InChI=1S/C20H16N4O6S/c25-23(26)16-11-12-18(20(13-16)24(27)28)21-22-19(15-7-3-1-4-8-15)14-31(29,30)17-9-5-2-6-10-17/h1-13,21H,14H2/b22-19-. The average Bonchev–Trinajstić information content (AvgIpc) is 2.77. The van der Waals surface area contributed by atoms with E-state index in [1.165, 1.54) is 12.1 Å². The van der Waals surface area contributed by atoms with E-state index in [-0.39, 0.29) is 16.3 Å². The molecule has 1 N–H and O–H groups in total. The maximum absolute atomic E-state index is 12.8. The van der Waals surface area contributed by atoms with Crippen LogP contribution in [0.2, 0.25) is 0 Å². The summed E-state index contributed by atoms with van der Waals surface area (Å²) < 4.78 is 25.7. The fraction of sp³-hybridized carbons (Fsp3) is 0.0500. The van der Waals surface area contributed by atoms with E-state index in [9.17, 15) is 28.6 Å². The molecule has 0 fully saturated rings. The lowest BCUT2D eigenvalue weighted by atomic mass is 10.1. The smallest absolute Gasteiger partial charge is 0.271 e. The van der Waals surface area contributed by atoms with Crippen LogP contribution in [0, 0.1) is 20.2 Å². The Kier molecular flexibility index (Phi) is 6.36. The van der Waals surface area contributed by atoms with Gasteiger partial charge in [-0.25, -0.2) is 8.42 Å². The molecule has 158 valence electrons. The molecule has 0 saturated heterocycles. The number of hydrogen-bond donors (Lipinski definition) is 1. The van der Waals surface area contributed by atoms with E-state index in [2.05, 4.69) is 10.5 Å². The van der Waals surface area contributed by atoms with E-state index >= 15 is 0 Å². The van der Waals surface area contributed by atoms with Crippen LogP contribution >= 0.6 is 0 Å². The minimum absolute atomic E-state index is 0.110. The second kappa shape index (κ2) is 9.13. The number of sulfone groups is 1. The Morgan fingerprint density at radius 3 is 2.06 bits per heavy atom. The van der Waals surface area contributed by atoms with Crippen molar-refractivity contribution in [3.8, 4) is 0 Å². The first kappa shape index (κ1) is 21.6. The van der Waals surface area contributed by atoms with Gasteiger partial charge in [0.2, 0.25) is 0 Å². The highest BCUT2D eigenvalue weighted by molar-refractivity contribution is 7.92. The zero-order valence-corrected chi connectivity index (χ0v) is 16.7. The first-order valence-electron chi connectivity index (χ1n) is 8.86. The van der Waals surface area contributed by atoms with Crippen molar-refractivity contribution in [2.75, 3.05) is 11.2 Å². The maximum atomic E-state index is 12.8. The highest BCUT2D eigenvalue weighted by Gasteiger charge is 2.21. The summed E-state index contributed by atoms with van der Waals surface area (Å²) in [5, 5.41) is 26.3. The van der Waals surface area contributed by atoms with Crippen LogP contribution in [0.1, 0.15) is 5.56 Å². The van der Waals surface area contributed by atoms with E-state index in [0.29, 0.717) is 5.56 Å². The third-order valence-corrected chi connectivity index (χ3v) is 5.88. The largest absolute Gasteiger partial charge is 0.301 e. The Balaban J connectivity index is 2.00. The molecular weight excluding hydrogens is 424 g/mol. The Morgan fingerprint density at radius 2 is 1.48 bits per heavy atom. The molecule has 3 aromatic rings. The predicted octanol–water partition coefficient (Wildman–Crippen LogP) is 3.79. The Bertz CT molecular complexity index is 1250. The molecule has 31 heavy (non-hydrogen) atoms. The maximum Gasteiger partial charge on any atom is 0.301 e. The average molecular weight is 440 g/mol. The number of anilines is 1. The fourth-order valence-corrected chi connectivity index (χ4v) is 4.04. The highest BCUT2D eigenvalue weighted by atomic mass is 32.2. The van der Waals surface area contributed by atoms with Crippen LogP contribution in [0.25, 0.3) is 0 Å². The van der Waals surface area contributed by atoms with Crippen LogP contribution in [-0.2, 0) is 9.84 Å². The number of nitro benzene ring substituents is 2. The SMILES string of the molecule is O=[N+]([O-])c1ccc(N/N=C(/CS(=O)(=O)c2ccccc2)c2ccccc2)c([N+](=O)[O-])c1. The van der Waals surface area contributed by atoms with Gasteiger partial charge in [-0.15, -0.1) is 0 Å². The van der Waals surface area contributed by atoms with Crippen molar-refractivity contribution < 1.29 is 18.3 Å². The molecule has 0 saturated carbocycles. The second-order valence-electron chi connectivity index (χ2n) is 6.32. The molecule has 0 atom stereocenters. The van der Waals surface area contributed by atoms with E-state index in [1.807, 2.05) is 0 Å². The summed E-state index contributed by atoms with van der Waals surface area (Å²) in [6, 6.07) is 19.3. The van der Waals surface area contributed by atoms with Crippen molar-refractivity contribution in [3.63, 3.8) is 0 Å². The van der Waals surface area contributed by atoms with Crippen LogP contribution in [0.5, 0.6) is 0 Å². The van der Waals surface area contributed by atoms with Crippen molar-refractivity contribution >= 4 is 32.6 Å². The molecule has 0 aliphatic heterocycles. The molecular formula is C20H16N4O6S. The molecule has 0 aliphatic carbocycles. The van der Waals surface area contributed by atoms with Crippen LogP contribution in [0.15, 0.2) is 88.9 Å². The molecule has 0 amide bonds. The normalized spacial score (nSPS) is 11.7. The summed E-state index contributed by atoms with van der Waals surface area (Å²) in [7, 11) is -3.75. The number of rotatable bonds is 8. The van der Waals surface area contributed by atoms with Gasteiger partial charge in [0.25, 0.3) is 5.69 Å². The summed E-state index contributed by atoms with van der Waals surface area (Å²) in [4.78, 5) is 20.8. The van der Waals surface area contributed by atoms with Gasteiger partial charge in [-0.1, -0.05) is 48.5 Å². The predicted molar refractivity (Wildman–Crippen MR) is 115 cm³/mol. The molecule has 0 bridgehead atoms. The minimum Gasteiger partial charge on any atom is -0.271 e. The summed E-state index contributed by atoms with van der Waals surface area (Å²) in [6.45, 7) is 0. The Hall–Kier alpha value is -4.12. The lowest BCUT2D eigenvalue weighted by molar-refractivity contribution is -0.393. The number of nitrogens with zero attached hydrogens (tertiary/aromatic N) is 3. The summed E-state index contributed by atoms with van der Waals surface area (Å²) in [5.41, 5.74) is 2.00. The first-order chi connectivity index (χ1) is 14.8. The van der Waals surface area contributed by atoms with Crippen molar-refractivity contribution in [2.45, 2.75) is 4.90 Å². The third-order valence-electron chi connectivity index (χ3n) is 4.24. The molecule has 0 aliphatic rings. The molecule has 3 aromatic carbocycles. The van der Waals surface area contributed by atoms with Gasteiger partial charge < -0.3 is 0 Å². The molecule has 11 heteroatoms. The molecule has 0 radical (unpaired) electrons. The molecule has 0 spiro atoms. The zero-order chi connectivity index (χ0) is 22.4.